The summed E-state index contributed by atoms with van der Waals surface area (Å²) in [4.78, 5) is 1.01. The van der Waals surface area contributed by atoms with E-state index in [1.54, 1.807) is 18.4 Å². The van der Waals surface area contributed by atoms with Gasteiger partial charge in [-0.05, 0) is 39.7 Å². The molecule has 2 atom stereocenters. The Kier molecular flexibility index (Phi) is 5.09. The lowest BCUT2D eigenvalue weighted by Crippen LogP contribution is -2.08. The molecule has 80 valence electrons. The van der Waals surface area contributed by atoms with Gasteiger partial charge in [0.2, 0.25) is 0 Å². The van der Waals surface area contributed by atoms with Crippen LogP contribution in [0.25, 0.3) is 0 Å². The van der Waals surface area contributed by atoms with Gasteiger partial charge in [-0.15, -0.1) is 11.3 Å². The van der Waals surface area contributed by atoms with E-state index >= 15 is 0 Å². The average molecular weight is 279 g/mol. The maximum atomic E-state index is 9.91. The second kappa shape index (κ2) is 5.85. The highest BCUT2D eigenvalue weighted by Gasteiger charge is 2.15. The molecule has 0 aliphatic rings. The van der Waals surface area contributed by atoms with E-state index in [0.717, 1.165) is 15.8 Å². The van der Waals surface area contributed by atoms with Gasteiger partial charge in [-0.2, -0.15) is 0 Å². The van der Waals surface area contributed by atoms with Gasteiger partial charge in [-0.25, -0.2) is 0 Å². The number of hydrogen-bond acceptors (Lipinski definition) is 3. The molecule has 1 aromatic heterocycles. The van der Waals surface area contributed by atoms with Gasteiger partial charge < -0.3 is 9.84 Å². The van der Waals surface area contributed by atoms with Gasteiger partial charge in [0.05, 0.1) is 6.10 Å². The lowest BCUT2D eigenvalue weighted by Gasteiger charge is -2.14. The zero-order chi connectivity index (χ0) is 10.6. The van der Waals surface area contributed by atoms with Gasteiger partial charge >= 0.3 is 0 Å². The van der Waals surface area contributed by atoms with Crippen LogP contribution in [0.3, 0.4) is 0 Å². The predicted molar refractivity (Wildman–Crippen MR) is 62.6 cm³/mol. The largest absolute Gasteiger partial charge is 0.388 e. The molecule has 1 N–H and O–H groups in total. The van der Waals surface area contributed by atoms with Gasteiger partial charge in [-0.3, -0.25) is 0 Å². The minimum absolute atomic E-state index is 0.379. The monoisotopic (exact) mass is 278 g/mol. The first kappa shape index (κ1) is 12.2. The first-order chi connectivity index (χ1) is 6.65. The fourth-order valence-corrected chi connectivity index (χ4v) is 3.02. The van der Waals surface area contributed by atoms with Crippen LogP contribution in [0.2, 0.25) is 0 Å². The molecule has 1 aromatic rings. The Morgan fingerprint density at radius 2 is 2.36 bits per heavy atom. The summed E-state index contributed by atoms with van der Waals surface area (Å²) in [7, 11) is 1.68. The molecule has 0 bridgehead atoms. The van der Waals surface area contributed by atoms with E-state index in [0.29, 0.717) is 12.5 Å². The van der Waals surface area contributed by atoms with E-state index in [2.05, 4.69) is 22.9 Å². The maximum Gasteiger partial charge on any atom is 0.0896 e. The van der Waals surface area contributed by atoms with Gasteiger partial charge in [0.25, 0.3) is 0 Å². The minimum atomic E-state index is -0.380. The Balaban J connectivity index is 2.50. The Morgan fingerprint density at radius 3 is 2.86 bits per heavy atom. The van der Waals surface area contributed by atoms with Crippen LogP contribution in [0.4, 0.5) is 0 Å². The molecule has 2 nitrogen and oxygen atoms in total. The Labute approximate surface area is 97.0 Å². The first-order valence-corrected chi connectivity index (χ1v) is 6.22. The molecule has 0 radical (unpaired) electrons. The molecule has 0 saturated heterocycles. The molecule has 0 aromatic carbocycles. The van der Waals surface area contributed by atoms with Crippen LogP contribution in [-0.2, 0) is 4.74 Å². The average Bonchev–Trinajstić information content (AvgIpc) is 2.51. The number of aliphatic hydroxyl groups excluding tert-OH is 1. The van der Waals surface area contributed by atoms with Crippen LogP contribution in [0.15, 0.2) is 15.9 Å². The molecule has 1 heterocycles. The highest BCUT2D eigenvalue weighted by atomic mass is 79.9. The number of rotatable bonds is 5. The van der Waals surface area contributed by atoms with E-state index in [9.17, 15) is 5.11 Å². The van der Waals surface area contributed by atoms with E-state index in [-0.39, 0.29) is 6.10 Å². The summed E-state index contributed by atoms with van der Waals surface area (Å²) in [6.45, 7) is 2.77. The third-order valence-electron chi connectivity index (χ3n) is 2.02. The van der Waals surface area contributed by atoms with Crippen LogP contribution < -0.4 is 0 Å². The summed E-state index contributed by atoms with van der Waals surface area (Å²) in [5.41, 5.74) is 0. The Morgan fingerprint density at radius 1 is 1.64 bits per heavy atom. The lowest BCUT2D eigenvalue weighted by atomic mass is 10.0. The Hall–Kier alpha value is 0.100. The molecule has 0 aliphatic heterocycles. The molecule has 2 unspecified atom stereocenters. The predicted octanol–water partition coefficient (Wildman–Crippen LogP) is 3.22. The molecule has 0 spiro atoms. The van der Waals surface area contributed by atoms with Gasteiger partial charge in [0.1, 0.15) is 0 Å². The van der Waals surface area contributed by atoms with Crippen LogP contribution >= 0.6 is 27.3 Å². The van der Waals surface area contributed by atoms with E-state index in [1.807, 2.05) is 11.4 Å². The fourth-order valence-electron chi connectivity index (χ4n) is 1.38. The van der Waals surface area contributed by atoms with Crippen molar-refractivity contribution in [3.63, 3.8) is 0 Å². The second-order valence-electron chi connectivity index (χ2n) is 3.44. The molecule has 0 amide bonds. The second-order valence-corrected chi connectivity index (χ2v) is 5.25. The number of methoxy groups -OCH3 is 1. The number of hydrogen-bond donors (Lipinski definition) is 1. The van der Waals surface area contributed by atoms with Gasteiger partial charge in [0, 0.05) is 23.1 Å². The minimum Gasteiger partial charge on any atom is -0.388 e. The standard InChI is InChI=1S/C10H15BrO2S/c1-7(6-13-2)5-9(12)10-8(11)3-4-14-10/h3-4,7,9,12H,5-6H2,1-2H3. The fraction of sp³-hybridized carbons (Fsp3) is 0.600. The highest BCUT2D eigenvalue weighted by molar-refractivity contribution is 9.10. The molecule has 0 aliphatic carbocycles. The number of thiophene rings is 1. The van der Waals surface area contributed by atoms with Crippen molar-refractivity contribution in [2.24, 2.45) is 5.92 Å². The third-order valence-corrected chi connectivity index (χ3v) is 4.00. The summed E-state index contributed by atoms with van der Waals surface area (Å²) in [6, 6.07) is 1.96. The number of aliphatic hydroxyl groups is 1. The van der Waals surface area contributed by atoms with Crippen molar-refractivity contribution < 1.29 is 9.84 Å². The van der Waals surface area contributed by atoms with Crippen LogP contribution in [-0.4, -0.2) is 18.8 Å². The van der Waals surface area contributed by atoms with Gasteiger partial charge in [-0.1, -0.05) is 6.92 Å². The van der Waals surface area contributed by atoms with Crippen molar-refractivity contribution in [3.05, 3.63) is 20.8 Å². The SMILES string of the molecule is COCC(C)CC(O)c1sccc1Br. The van der Waals surface area contributed by atoms with Gasteiger partial charge in [0.15, 0.2) is 0 Å². The smallest absolute Gasteiger partial charge is 0.0896 e. The maximum absolute atomic E-state index is 9.91. The van der Waals surface area contributed by atoms with Crippen molar-refractivity contribution in [3.8, 4) is 0 Å². The summed E-state index contributed by atoms with van der Waals surface area (Å²) in [5, 5.41) is 11.9. The van der Waals surface area contributed by atoms with E-state index in [4.69, 9.17) is 4.74 Å². The van der Waals surface area contributed by atoms with Crippen LogP contribution in [0.1, 0.15) is 24.3 Å². The van der Waals surface area contributed by atoms with E-state index < -0.39 is 0 Å². The number of ether oxygens (including phenoxy) is 1. The lowest BCUT2D eigenvalue weighted by molar-refractivity contribution is 0.103. The summed E-state index contributed by atoms with van der Waals surface area (Å²) >= 11 is 4.99. The van der Waals surface area contributed by atoms with Crippen molar-refractivity contribution in [2.75, 3.05) is 13.7 Å². The molecule has 1 rings (SSSR count). The van der Waals surface area contributed by atoms with Crippen LogP contribution in [0, 0.1) is 5.92 Å². The van der Waals surface area contributed by atoms with Crippen molar-refractivity contribution >= 4 is 27.3 Å². The van der Waals surface area contributed by atoms with Crippen LogP contribution in [0.5, 0.6) is 0 Å². The zero-order valence-electron chi connectivity index (χ0n) is 8.37. The molecule has 0 fully saturated rings. The molecular formula is C10H15BrO2S. The summed E-state index contributed by atoms with van der Waals surface area (Å²) in [5.74, 6) is 0.379. The molecule has 14 heavy (non-hydrogen) atoms. The zero-order valence-corrected chi connectivity index (χ0v) is 10.8. The topological polar surface area (TPSA) is 29.5 Å². The van der Waals surface area contributed by atoms with Crippen molar-refractivity contribution in [1.29, 1.82) is 0 Å². The first-order valence-electron chi connectivity index (χ1n) is 4.55. The van der Waals surface area contributed by atoms with Crippen molar-refractivity contribution in [2.45, 2.75) is 19.4 Å². The Bertz CT molecular complexity index is 275. The van der Waals surface area contributed by atoms with E-state index in [1.165, 1.54) is 0 Å². The summed E-state index contributed by atoms with van der Waals surface area (Å²) < 4.78 is 6.03. The number of halogens is 1. The molecule has 0 saturated carbocycles. The summed E-state index contributed by atoms with van der Waals surface area (Å²) in [6.07, 6.45) is 0.363. The quantitative estimate of drug-likeness (QED) is 0.896. The third kappa shape index (κ3) is 3.35. The van der Waals surface area contributed by atoms with Crippen molar-refractivity contribution in [1.82, 2.24) is 0 Å². The molecule has 4 heteroatoms. The molecular weight excluding hydrogens is 264 g/mol. The highest BCUT2D eigenvalue weighted by Crippen LogP contribution is 2.32. The normalized spacial score (nSPS) is 15.4.